The van der Waals surface area contributed by atoms with Crippen LogP contribution in [-0.2, 0) is 4.74 Å². The minimum atomic E-state index is -1.06. The number of aromatic carboxylic acids is 1. The van der Waals surface area contributed by atoms with Crippen molar-refractivity contribution in [2.75, 3.05) is 7.11 Å². The molecule has 0 unspecified atom stereocenters. The van der Waals surface area contributed by atoms with Crippen LogP contribution in [0.25, 0.3) is 21.6 Å². The maximum atomic E-state index is 12.4. The molecule has 0 amide bonds. The number of rotatable bonds is 4. The van der Waals surface area contributed by atoms with E-state index in [9.17, 15) is 14.7 Å². The summed E-state index contributed by atoms with van der Waals surface area (Å²) in [5.41, 5.74) is 2.15. The lowest BCUT2D eigenvalue weighted by Crippen LogP contribution is -2.05. The zero-order chi connectivity index (χ0) is 17.1. The Labute approximate surface area is 143 Å². The van der Waals surface area contributed by atoms with Gasteiger partial charge in [0.1, 0.15) is 4.88 Å². The molecule has 5 heteroatoms. The van der Waals surface area contributed by atoms with Gasteiger partial charge in [-0.25, -0.2) is 9.59 Å². The van der Waals surface area contributed by atoms with Crippen molar-refractivity contribution in [2.45, 2.75) is 0 Å². The summed E-state index contributed by atoms with van der Waals surface area (Å²) in [5.74, 6) is -1.61. The summed E-state index contributed by atoms with van der Waals surface area (Å²) in [6, 6.07) is 18.3. The smallest absolute Gasteiger partial charge is 0.346 e. The van der Waals surface area contributed by atoms with Crippen LogP contribution in [0.1, 0.15) is 20.0 Å². The van der Waals surface area contributed by atoms with Gasteiger partial charge in [0.2, 0.25) is 0 Å². The predicted octanol–water partition coefficient (Wildman–Crippen LogP) is 4.57. The summed E-state index contributed by atoms with van der Waals surface area (Å²) in [5, 5.41) is 9.62. The van der Waals surface area contributed by atoms with E-state index >= 15 is 0 Å². The molecular weight excluding hydrogens is 324 g/mol. The second kappa shape index (κ2) is 6.68. The van der Waals surface area contributed by atoms with E-state index in [4.69, 9.17) is 4.74 Å². The van der Waals surface area contributed by atoms with Crippen LogP contribution in [0, 0.1) is 0 Å². The van der Waals surface area contributed by atoms with Gasteiger partial charge in [-0.15, -0.1) is 11.3 Å². The zero-order valence-corrected chi connectivity index (χ0v) is 13.7. The monoisotopic (exact) mass is 338 g/mol. The molecule has 2 aromatic carbocycles. The van der Waals surface area contributed by atoms with Gasteiger partial charge in [-0.1, -0.05) is 60.7 Å². The third kappa shape index (κ3) is 2.81. The number of esters is 1. The van der Waals surface area contributed by atoms with Crippen molar-refractivity contribution in [3.8, 4) is 21.6 Å². The third-order valence-corrected chi connectivity index (χ3v) is 4.82. The van der Waals surface area contributed by atoms with E-state index in [2.05, 4.69) is 0 Å². The van der Waals surface area contributed by atoms with E-state index < -0.39 is 11.9 Å². The molecule has 1 aromatic heterocycles. The van der Waals surface area contributed by atoms with Crippen LogP contribution < -0.4 is 0 Å². The Morgan fingerprint density at radius 3 is 1.96 bits per heavy atom. The Kier molecular flexibility index (Phi) is 4.44. The van der Waals surface area contributed by atoms with Crippen LogP contribution in [0.5, 0.6) is 0 Å². The van der Waals surface area contributed by atoms with Crippen LogP contribution in [0.3, 0.4) is 0 Å². The molecule has 1 heterocycles. The molecule has 0 aliphatic rings. The highest BCUT2D eigenvalue weighted by Crippen LogP contribution is 2.42. The third-order valence-electron chi connectivity index (χ3n) is 3.59. The number of methoxy groups -OCH3 is 1. The molecule has 3 rings (SSSR count). The fraction of sp³-hybridized carbons (Fsp3) is 0.0526. The van der Waals surface area contributed by atoms with Gasteiger partial charge in [0.15, 0.2) is 0 Å². The quantitative estimate of drug-likeness (QED) is 0.708. The number of carbonyl (C=O) groups excluding carboxylic acids is 1. The number of ether oxygens (including phenoxy) is 1. The maximum absolute atomic E-state index is 12.4. The van der Waals surface area contributed by atoms with Crippen molar-refractivity contribution in [2.24, 2.45) is 0 Å². The summed E-state index contributed by atoms with van der Waals surface area (Å²) in [7, 11) is 1.30. The van der Waals surface area contributed by atoms with Gasteiger partial charge in [0.25, 0.3) is 0 Å². The topological polar surface area (TPSA) is 63.6 Å². The molecule has 0 bridgehead atoms. The first-order valence-electron chi connectivity index (χ1n) is 7.22. The zero-order valence-electron chi connectivity index (χ0n) is 12.9. The minimum absolute atomic E-state index is 0.125. The van der Waals surface area contributed by atoms with Crippen LogP contribution in [0.15, 0.2) is 60.7 Å². The molecule has 24 heavy (non-hydrogen) atoms. The van der Waals surface area contributed by atoms with Crippen LogP contribution in [0.2, 0.25) is 0 Å². The van der Waals surface area contributed by atoms with E-state index in [-0.39, 0.29) is 10.4 Å². The number of thiophene rings is 1. The minimum Gasteiger partial charge on any atom is -0.477 e. The van der Waals surface area contributed by atoms with Crippen LogP contribution >= 0.6 is 11.3 Å². The second-order valence-electron chi connectivity index (χ2n) is 5.04. The van der Waals surface area contributed by atoms with Crippen molar-refractivity contribution < 1.29 is 19.4 Å². The first kappa shape index (κ1) is 16.0. The highest BCUT2D eigenvalue weighted by Gasteiger charge is 2.29. The Balaban J connectivity index is 2.36. The molecule has 0 saturated carbocycles. The first-order chi connectivity index (χ1) is 11.6. The number of carbonyl (C=O) groups is 2. The van der Waals surface area contributed by atoms with Crippen molar-refractivity contribution >= 4 is 23.3 Å². The van der Waals surface area contributed by atoms with Gasteiger partial charge in [-0.2, -0.15) is 0 Å². The molecule has 0 spiro atoms. The SMILES string of the molecule is COC(=O)c1c(-c2ccccc2)sc(C(=O)O)c1-c1ccccc1. The van der Waals surface area contributed by atoms with Crippen molar-refractivity contribution in [3.63, 3.8) is 0 Å². The second-order valence-corrected chi connectivity index (χ2v) is 6.06. The standard InChI is InChI=1S/C19H14O4S/c1-23-19(22)15-14(12-8-4-2-5-9-12)17(18(20)21)24-16(15)13-10-6-3-7-11-13/h2-11H,1H3,(H,20,21). The number of hydrogen-bond donors (Lipinski definition) is 1. The lowest BCUT2D eigenvalue weighted by molar-refractivity contribution is 0.0603. The van der Waals surface area contributed by atoms with Crippen LogP contribution in [-0.4, -0.2) is 24.2 Å². The molecule has 120 valence electrons. The molecule has 3 aromatic rings. The van der Waals surface area contributed by atoms with Crippen LogP contribution in [0.4, 0.5) is 0 Å². The van der Waals surface area contributed by atoms with Gasteiger partial charge < -0.3 is 9.84 Å². The average molecular weight is 338 g/mol. The fourth-order valence-electron chi connectivity index (χ4n) is 2.55. The largest absolute Gasteiger partial charge is 0.477 e. The summed E-state index contributed by atoms with van der Waals surface area (Å²) in [6.07, 6.45) is 0. The van der Waals surface area contributed by atoms with Gasteiger partial charge >= 0.3 is 11.9 Å². The van der Waals surface area contributed by atoms with E-state index in [1.165, 1.54) is 7.11 Å². The van der Waals surface area contributed by atoms with Crippen molar-refractivity contribution in [1.29, 1.82) is 0 Å². The Hall–Kier alpha value is -2.92. The normalized spacial score (nSPS) is 10.4. The lowest BCUT2D eigenvalue weighted by atomic mass is 9.98. The molecule has 0 fully saturated rings. The molecule has 0 atom stereocenters. The lowest BCUT2D eigenvalue weighted by Gasteiger charge is -2.07. The number of benzene rings is 2. The summed E-state index contributed by atoms with van der Waals surface area (Å²) >= 11 is 1.09. The average Bonchev–Trinajstić information content (AvgIpc) is 3.03. The van der Waals surface area contributed by atoms with Gasteiger partial charge in [-0.05, 0) is 11.1 Å². The van der Waals surface area contributed by atoms with E-state index in [1.54, 1.807) is 12.1 Å². The Bertz CT molecular complexity index is 882. The van der Waals surface area contributed by atoms with Crippen molar-refractivity contribution in [1.82, 2.24) is 0 Å². The predicted molar refractivity (Wildman–Crippen MR) is 93.5 cm³/mol. The molecule has 0 saturated heterocycles. The molecule has 0 radical (unpaired) electrons. The van der Waals surface area contributed by atoms with E-state index in [0.717, 1.165) is 16.9 Å². The maximum Gasteiger partial charge on any atom is 0.346 e. The molecule has 0 aliphatic carbocycles. The number of carboxylic acid groups (broad SMARTS) is 1. The van der Waals surface area contributed by atoms with Gasteiger partial charge in [0.05, 0.1) is 17.6 Å². The van der Waals surface area contributed by atoms with Gasteiger partial charge in [0, 0.05) is 5.56 Å². The summed E-state index contributed by atoms with van der Waals surface area (Å²) in [4.78, 5) is 24.9. The highest BCUT2D eigenvalue weighted by atomic mass is 32.1. The molecule has 4 nitrogen and oxygen atoms in total. The Morgan fingerprint density at radius 2 is 1.46 bits per heavy atom. The molecule has 1 N–H and O–H groups in total. The highest BCUT2D eigenvalue weighted by molar-refractivity contribution is 7.18. The number of hydrogen-bond acceptors (Lipinski definition) is 4. The van der Waals surface area contributed by atoms with Gasteiger partial charge in [-0.3, -0.25) is 0 Å². The summed E-state index contributed by atoms with van der Waals surface area (Å²) < 4.78 is 4.93. The first-order valence-corrected chi connectivity index (χ1v) is 8.04. The fourth-order valence-corrected chi connectivity index (χ4v) is 3.71. The molecule has 0 aliphatic heterocycles. The van der Waals surface area contributed by atoms with Crippen molar-refractivity contribution in [3.05, 3.63) is 71.1 Å². The number of carboxylic acids is 1. The molecular formula is C19H14O4S. The van der Waals surface area contributed by atoms with E-state index in [0.29, 0.717) is 16.0 Å². The Morgan fingerprint density at radius 1 is 0.917 bits per heavy atom. The van der Waals surface area contributed by atoms with E-state index in [1.807, 2.05) is 48.5 Å². The summed E-state index contributed by atoms with van der Waals surface area (Å²) in [6.45, 7) is 0.